The van der Waals surface area contributed by atoms with E-state index in [1.54, 1.807) is 4.68 Å². The van der Waals surface area contributed by atoms with Crippen LogP contribution in [0, 0.1) is 5.92 Å². The zero-order chi connectivity index (χ0) is 12.4. The maximum absolute atomic E-state index is 11.9. The van der Waals surface area contributed by atoms with E-state index in [0.29, 0.717) is 35.1 Å². The molecule has 0 bridgehead atoms. The second kappa shape index (κ2) is 5.08. The number of nitrogens with one attached hydrogen (secondary N) is 1. The number of amides is 1. The smallest absolute Gasteiger partial charge is 0.273 e. The molecule has 6 heteroatoms. The molecule has 1 aliphatic heterocycles. The lowest BCUT2D eigenvalue weighted by Gasteiger charge is -2.14. The van der Waals surface area contributed by atoms with E-state index >= 15 is 0 Å². The molecule has 94 valence electrons. The van der Waals surface area contributed by atoms with Gasteiger partial charge >= 0.3 is 0 Å². The predicted octanol–water partition coefficient (Wildman–Crippen LogP) is 1.81. The molecule has 0 saturated carbocycles. The minimum absolute atomic E-state index is 0.156. The van der Waals surface area contributed by atoms with Crippen LogP contribution in [0.3, 0.4) is 0 Å². The average Bonchev–Trinajstić information content (AvgIpc) is 2.64. The molecule has 0 atom stereocenters. The summed E-state index contributed by atoms with van der Waals surface area (Å²) in [5.41, 5.74) is 0.405. The van der Waals surface area contributed by atoms with Gasteiger partial charge in [0.2, 0.25) is 5.88 Å². The van der Waals surface area contributed by atoms with Gasteiger partial charge in [-0.2, -0.15) is 5.10 Å². The molecular formula is C11H16BrN3O2. The number of carbonyl (C=O) groups is 1. The lowest BCUT2D eigenvalue weighted by molar-refractivity contribution is 0.0942. The van der Waals surface area contributed by atoms with Crippen LogP contribution in [0.2, 0.25) is 0 Å². The standard InChI is InChI=1S/C11H16BrN3O2/c1-7(2)6-13-10(16)9-8(12)11-15(14-9)4-3-5-17-11/h7H,3-6H2,1-2H3,(H,13,16). The number of ether oxygens (including phenoxy) is 1. The number of aryl methyl sites for hydroxylation is 1. The van der Waals surface area contributed by atoms with Gasteiger partial charge in [-0.25, -0.2) is 4.68 Å². The maximum atomic E-state index is 11.9. The van der Waals surface area contributed by atoms with Gasteiger partial charge in [0.05, 0.1) is 6.61 Å². The maximum Gasteiger partial charge on any atom is 0.273 e. The third kappa shape index (κ3) is 2.62. The van der Waals surface area contributed by atoms with Crippen molar-refractivity contribution in [2.45, 2.75) is 26.8 Å². The highest BCUT2D eigenvalue weighted by Crippen LogP contribution is 2.31. The third-order valence-electron chi connectivity index (χ3n) is 2.49. The largest absolute Gasteiger partial charge is 0.477 e. The van der Waals surface area contributed by atoms with Gasteiger partial charge in [-0.05, 0) is 21.8 Å². The Hall–Kier alpha value is -1.04. The van der Waals surface area contributed by atoms with Crippen LogP contribution in [0.5, 0.6) is 5.88 Å². The highest BCUT2D eigenvalue weighted by atomic mass is 79.9. The molecular weight excluding hydrogens is 286 g/mol. The zero-order valence-corrected chi connectivity index (χ0v) is 11.6. The molecule has 5 nitrogen and oxygen atoms in total. The number of rotatable bonds is 3. The Morgan fingerprint density at radius 1 is 1.65 bits per heavy atom. The lowest BCUT2D eigenvalue weighted by Crippen LogP contribution is -2.28. The van der Waals surface area contributed by atoms with E-state index in [1.807, 2.05) is 0 Å². The Morgan fingerprint density at radius 2 is 2.41 bits per heavy atom. The summed E-state index contributed by atoms with van der Waals surface area (Å²) in [7, 11) is 0. The van der Waals surface area contributed by atoms with Crippen molar-refractivity contribution in [3.05, 3.63) is 10.2 Å². The summed E-state index contributed by atoms with van der Waals surface area (Å²) in [6.07, 6.45) is 0.925. The summed E-state index contributed by atoms with van der Waals surface area (Å²) in [5, 5.41) is 7.11. The Morgan fingerprint density at radius 3 is 3.06 bits per heavy atom. The molecule has 0 radical (unpaired) electrons. The molecule has 0 unspecified atom stereocenters. The molecule has 1 aromatic rings. The number of carbonyl (C=O) groups excluding carboxylic acids is 1. The van der Waals surface area contributed by atoms with Crippen LogP contribution >= 0.6 is 15.9 Å². The van der Waals surface area contributed by atoms with Crippen LogP contribution in [0.25, 0.3) is 0 Å². The van der Waals surface area contributed by atoms with Gasteiger partial charge in [-0.1, -0.05) is 13.8 Å². The number of nitrogens with zero attached hydrogens (tertiary/aromatic N) is 2. The highest BCUT2D eigenvalue weighted by molar-refractivity contribution is 9.10. The Bertz CT molecular complexity index is 429. The van der Waals surface area contributed by atoms with E-state index in [2.05, 4.69) is 40.2 Å². The van der Waals surface area contributed by atoms with Gasteiger partial charge in [0.25, 0.3) is 5.91 Å². The van der Waals surface area contributed by atoms with Crippen molar-refractivity contribution >= 4 is 21.8 Å². The molecule has 2 heterocycles. The summed E-state index contributed by atoms with van der Waals surface area (Å²) in [4.78, 5) is 11.9. The van der Waals surface area contributed by atoms with Crippen molar-refractivity contribution < 1.29 is 9.53 Å². The number of hydrogen-bond acceptors (Lipinski definition) is 3. The normalized spacial score (nSPS) is 14.4. The fraction of sp³-hybridized carbons (Fsp3) is 0.636. The van der Waals surface area contributed by atoms with Crippen LogP contribution in [0.1, 0.15) is 30.8 Å². The van der Waals surface area contributed by atoms with Crippen LogP contribution in [-0.2, 0) is 6.54 Å². The first-order chi connectivity index (χ1) is 8.09. The van der Waals surface area contributed by atoms with Crippen LogP contribution in [0.15, 0.2) is 4.47 Å². The fourth-order valence-corrected chi connectivity index (χ4v) is 2.20. The molecule has 17 heavy (non-hydrogen) atoms. The number of halogens is 1. The van der Waals surface area contributed by atoms with Crippen molar-refractivity contribution in [2.24, 2.45) is 5.92 Å². The Labute approximate surface area is 109 Å². The van der Waals surface area contributed by atoms with E-state index in [4.69, 9.17) is 4.74 Å². The molecule has 1 N–H and O–H groups in total. The molecule has 0 saturated heterocycles. The van der Waals surface area contributed by atoms with Gasteiger partial charge in [0.15, 0.2) is 5.69 Å². The number of aromatic nitrogens is 2. The van der Waals surface area contributed by atoms with Gasteiger partial charge in [0, 0.05) is 19.5 Å². The van der Waals surface area contributed by atoms with Crippen molar-refractivity contribution in [1.29, 1.82) is 0 Å². The predicted molar refractivity (Wildman–Crippen MR) is 67.2 cm³/mol. The lowest BCUT2D eigenvalue weighted by atomic mass is 10.2. The molecule has 0 aliphatic carbocycles. The first-order valence-electron chi connectivity index (χ1n) is 5.77. The molecule has 0 fully saturated rings. The monoisotopic (exact) mass is 301 g/mol. The molecule has 0 aromatic carbocycles. The van der Waals surface area contributed by atoms with Crippen LogP contribution in [-0.4, -0.2) is 28.8 Å². The van der Waals surface area contributed by atoms with E-state index in [9.17, 15) is 4.79 Å². The van der Waals surface area contributed by atoms with E-state index in [-0.39, 0.29) is 5.91 Å². The van der Waals surface area contributed by atoms with Crippen molar-refractivity contribution in [2.75, 3.05) is 13.2 Å². The van der Waals surface area contributed by atoms with E-state index in [0.717, 1.165) is 13.0 Å². The minimum Gasteiger partial charge on any atom is -0.477 e. The van der Waals surface area contributed by atoms with Gasteiger partial charge < -0.3 is 10.1 Å². The van der Waals surface area contributed by atoms with Gasteiger partial charge in [-0.15, -0.1) is 0 Å². The third-order valence-corrected chi connectivity index (χ3v) is 3.20. The topological polar surface area (TPSA) is 56.2 Å². The first kappa shape index (κ1) is 12.4. The van der Waals surface area contributed by atoms with E-state index in [1.165, 1.54) is 0 Å². The summed E-state index contributed by atoms with van der Waals surface area (Å²) < 4.78 is 7.87. The second-order valence-electron chi connectivity index (χ2n) is 4.50. The first-order valence-corrected chi connectivity index (χ1v) is 6.56. The highest BCUT2D eigenvalue weighted by Gasteiger charge is 2.24. The SMILES string of the molecule is CC(C)CNC(=O)c1nn2c(c1Br)OCCC2. The minimum atomic E-state index is -0.156. The molecule has 1 aliphatic rings. The van der Waals surface area contributed by atoms with Gasteiger partial charge in [0.1, 0.15) is 4.47 Å². The number of fused-ring (bicyclic) bond motifs is 1. The molecule has 1 amide bonds. The van der Waals surface area contributed by atoms with Crippen LogP contribution < -0.4 is 10.1 Å². The molecule has 1 aromatic heterocycles. The zero-order valence-electron chi connectivity index (χ0n) is 9.99. The van der Waals surface area contributed by atoms with E-state index < -0.39 is 0 Å². The summed E-state index contributed by atoms with van der Waals surface area (Å²) in [5.74, 6) is 0.924. The number of hydrogen-bond donors (Lipinski definition) is 1. The van der Waals surface area contributed by atoms with Crippen molar-refractivity contribution in [3.8, 4) is 5.88 Å². The van der Waals surface area contributed by atoms with Gasteiger partial charge in [-0.3, -0.25) is 4.79 Å². The Kier molecular flexibility index (Phi) is 3.71. The molecule has 0 spiro atoms. The summed E-state index contributed by atoms with van der Waals surface area (Å²) in [6.45, 7) is 6.23. The van der Waals surface area contributed by atoms with Crippen molar-refractivity contribution in [3.63, 3.8) is 0 Å². The second-order valence-corrected chi connectivity index (χ2v) is 5.29. The molecule has 2 rings (SSSR count). The van der Waals surface area contributed by atoms with Crippen LogP contribution in [0.4, 0.5) is 0 Å². The van der Waals surface area contributed by atoms with Crippen molar-refractivity contribution in [1.82, 2.24) is 15.1 Å². The Balaban J connectivity index is 2.15. The summed E-state index contributed by atoms with van der Waals surface area (Å²) >= 11 is 3.38. The fourth-order valence-electron chi connectivity index (χ4n) is 1.62. The quantitative estimate of drug-likeness (QED) is 0.926. The average molecular weight is 302 g/mol. The summed E-state index contributed by atoms with van der Waals surface area (Å²) in [6, 6.07) is 0.